The van der Waals surface area contributed by atoms with Crippen molar-refractivity contribution in [2.75, 3.05) is 26.7 Å². The number of methoxy groups -OCH3 is 1. The molecule has 0 atom stereocenters. The summed E-state index contributed by atoms with van der Waals surface area (Å²) in [7, 11) is 1.64. The molecule has 0 aliphatic carbocycles. The van der Waals surface area contributed by atoms with Crippen molar-refractivity contribution in [1.82, 2.24) is 15.2 Å². The molecule has 0 bridgehead atoms. The fraction of sp³-hybridized carbons (Fsp3) is 0.588. The zero-order chi connectivity index (χ0) is 15.1. The van der Waals surface area contributed by atoms with Gasteiger partial charge in [0.1, 0.15) is 0 Å². The average Bonchev–Trinajstić information content (AvgIpc) is 2.52. The van der Waals surface area contributed by atoms with E-state index in [0.717, 1.165) is 13.1 Å². The number of allylic oxidation sites excluding steroid dienone is 1. The number of nitrogens with zero attached hydrogens (tertiary/aromatic N) is 2. The van der Waals surface area contributed by atoms with Crippen molar-refractivity contribution in [1.29, 1.82) is 0 Å². The van der Waals surface area contributed by atoms with Gasteiger partial charge in [-0.1, -0.05) is 17.7 Å². The van der Waals surface area contributed by atoms with E-state index in [-0.39, 0.29) is 0 Å². The zero-order valence-corrected chi connectivity index (χ0v) is 13.4. The van der Waals surface area contributed by atoms with Gasteiger partial charge in [0.05, 0.1) is 7.11 Å². The van der Waals surface area contributed by atoms with E-state index < -0.39 is 0 Å². The molecule has 0 unspecified atom stereocenters. The zero-order valence-electron chi connectivity index (χ0n) is 13.4. The van der Waals surface area contributed by atoms with Crippen LogP contribution in [0.4, 0.5) is 0 Å². The number of rotatable bonds is 6. The molecule has 0 aromatic carbocycles. The number of hydrogen-bond acceptors (Lipinski definition) is 4. The third kappa shape index (κ3) is 5.48. The van der Waals surface area contributed by atoms with Crippen LogP contribution in [0.15, 0.2) is 30.0 Å². The second kappa shape index (κ2) is 8.15. The van der Waals surface area contributed by atoms with Crippen LogP contribution in [0.5, 0.6) is 5.88 Å². The van der Waals surface area contributed by atoms with E-state index in [1.54, 1.807) is 7.11 Å². The molecule has 2 rings (SSSR count). The Kier molecular flexibility index (Phi) is 6.21. The van der Waals surface area contributed by atoms with Crippen molar-refractivity contribution < 1.29 is 4.74 Å². The molecule has 116 valence electrons. The molecule has 4 heteroatoms. The van der Waals surface area contributed by atoms with E-state index in [9.17, 15) is 0 Å². The van der Waals surface area contributed by atoms with Crippen molar-refractivity contribution >= 4 is 0 Å². The summed E-state index contributed by atoms with van der Waals surface area (Å²) < 4.78 is 5.07. The first kappa shape index (κ1) is 16.0. The van der Waals surface area contributed by atoms with Crippen molar-refractivity contribution in [3.63, 3.8) is 0 Å². The number of likely N-dealkylation sites (tertiary alicyclic amines) is 1. The molecule has 1 aliphatic heterocycles. The molecular formula is C17H27N3O. The smallest absolute Gasteiger partial charge is 0.212 e. The van der Waals surface area contributed by atoms with Crippen LogP contribution in [0.25, 0.3) is 0 Å². The lowest BCUT2D eigenvalue weighted by molar-refractivity contribution is 0.214. The number of hydrogen-bond donors (Lipinski definition) is 1. The van der Waals surface area contributed by atoms with Crippen LogP contribution in [0.3, 0.4) is 0 Å². The van der Waals surface area contributed by atoms with Crippen LogP contribution in [0.2, 0.25) is 0 Å². The predicted octanol–water partition coefficient (Wildman–Crippen LogP) is 2.61. The number of nitrogens with one attached hydrogen (secondary N) is 1. The number of piperidine rings is 1. The molecular weight excluding hydrogens is 262 g/mol. The van der Waals surface area contributed by atoms with Crippen molar-refractivity contribution in [2.45, 2.75) is 39.3 Å². The van der Waals surface area contributed by atoms with Gasteiger partial charge in [-0.15, -0.1) is 0 Å². The molecule has 1 aliphatic rings. The van der Waals surface area contributed by atoms with Crippen LogP contribution >= 0.6 is 0 Å². The lowest BCUT2D eigenvalue weighted by Crippen LogP contribution is -2.42. The highest BCUT2D eigenvalue weighted by molar-refractivity contribution is 5.17. The molecule has 0 amide bonds. The Morgan fingerprint density at radius 1 is 1.38 bits per heavy atom. The lowest BCUT2D eigenvalue weighted by atomic mass is 10.0. The third-order valence-corrected chi connectivity index (χ3v) is 3.95. The van der Waals surface area contributed by atoms with Gasteiger partial charge < -0.3 is 10.1 Å². The maximum absolute atomic E-state index is 5.07. The van der Waals surface area contributed by atoms with Crippen molar-refractivity contribution in [3.8, 4) is 5.88 Å². The van der Waals surface area contributed by atoms with Crippen LogP contribution in [-0.2, 0) is 6.54 Å². The summed E-state index contributed by atoms with van der Waals surface area (Å²) in [6.45, 7) is 8.67. The molecule has 1 aromatic heterocycles. The van der Waals surface area contributed by atoms with Crippen molar-refractivity contribution in [3.05, 3.63) is 35.5 Å². The molecule has 0 spiro atoms. The van der Waals surface area contributed by atoms with E-state index in [2.05, 4.69) is 41.2 Å². The summed E-state index contributed by atoms with van der Waals surface area (Å²) in [6, 6.07) is 4.61. The summed E-state index contributed by atoms with van der Waals surface area (Å²) in [4.78, 5) is 6.76. The molecule has 1 saturated heterocycles. The Balaban J connectivity index is 1.69. The maximum atomic E-state index is 5.07. The topological polar surface area (TPSA) is 37.4 Å². The maximum Gasteiger partial charge on any atom is 0.212 e. The van der Waals surface area contributed by atoms with E-state index in [1.807, 2.05) is 12.3 Å². The van der Waals surface area contributed by atoms with Gasteiger partial charge in [-0.25, -0.2) is 4.98 Å². The van der Waals surface area contributed by atoms with E-state index in [0.29, 0.717) is 11.9 Å². The highest BCUT2D eigenvalue weighted by Gasteiger charge is 2.17. The largest absolute Gasteiger partial charge is 0.481 e. The standard InChI is InChI=1S/C17H27N3O/c1-14(2)6-9-20-10-7-16(8-11-20)18-12-15-4-5-17(21-3)19-13-15/h4-6,13,16,18H,7-12H2,1-3H3. The van der Waals surface area contributed by atoms with Crippen LogP contribution in [-0.4, -0.2) is 42.7 Å². The van der Waals surface area contributed by atoms with Crippen molar-refractivity contribution in [2.24, 2.45) is 0 Å². The number of aromatic nitrogens is 1. The lowest BCUT2D eigenvalue weighted by Gasteiger charge is -2.31. The average molecular weight is 289 g/mol. The molecule has 0 radical (unpaired) electrons. The van der Waals surface area contributed by atoms with Gasteiger partial charge in [-0.3, -0.25) is 4.90 Å². The fourth-order valence-corrected chi connectivity index (χ4v) is 2.53. The summed E-state index contributed by atoms with van der Waals surface area (Å²) >= 11 is 0. The predicted molar refractivity (Wildman–Crippen MR) is 86.5 cm³/mol. The monoisotopic (exact) mass is 289 g/mol. The molecule has 2 heterocycles. The minimum atomic E-state index is 0.620. The molecule has 4 nitrogen and oxygen atoms in total. The Morgan fingerprint density at radius 3 is 2.71 bits per heavy atom. The van der Waals surface area contributed by atoms with Gasteiger partial charge in [-0.2, -0.15) is 0 Å². The third-order valence-electron chi connectivity index (χ3n) is 3.95. The quantitative estimate of drug-likeness (QED) is 0.817. The number of pyridine rings is 1. The fourth-order valence-electron chi connectivity index (χ4n) is 2.53. The molecule has 21 heavy (non-hydrogen) atoms. The molecule has 0 saturated carbocycles. The Morgan fingerprint density at radius 2 is 2.14 bits per heavy atom. The first-order valence-electron chi connectivity index (χ1n) is 7.75. The first-order valence-corrected chi connectivity index (χ1v) is 7.75. The van der Waals surface area contributed by atoms with Gasteiger partial charge in [-0.05, 0) is 45.3 Å². The second-order valence-electron chi connectivity index (χ2n) is 5.95. The van der Waals surface area contributed by atoms with Gasteiger partial charge in [0.15, 0.2) is 0 Å². The van der Waals surface area contributed by atoms with E-state index in [4.69, 9.17) is 4.74 Å². The number of ether oxygens (including phenoxy) is 1. The van der Waals surface area contributed by atoms with E-state index in [1.165, 1.54) is 37.1 Å². The van der Waals surface area contributed by atoms with Gasteiger partial charge in [0, 0.05) is 31.4 Å². The van der Waals surface area contributed by atoms with Crippen LogP contribution in [0.1, 0.15) is 32.3 Å². The molecule has 1 fully saturated rings. The van der Waals surface area contributed by atoms with Gasteiger partial charge >= 0.3 is 0 Å². The summed E-state index contributed by atoms with van der Waals surface area (Å²) in [5, 5.41) is 3.64. The Bertz CT molecular complexity index is 444. The van der Waals surface area contributed by atoms with Crippen LogP contribution < -0.4 is 10.1 Å². The molecule has 1 aromatic rings. The molecule has 1 N–H and O–H groups in total. The minimum absolute atomic E-state index is 0.620. The van der Waals surface area contributed by atoms with Gasteiger partial charge in [0.25, 0.3) is 0 Å². The summed E-state index contributed by atoms with van der Waals surface area (Å²) in [6.07, 6.45) is 6.65. The van der Waals surface area contributed by atoms with Crippen LogP contribution in [0, 0.1) is 0 Å². The summed E-state index contributed by atoms with van der Waals surface area (Å²) in [5.41, 5.74) is 2.62. The highest BCUT2D eigenvalue weighted by atomic mass is 16.5. The SMILES string of the molecule is COc1ccc(CNC2CCN(CC=C(C)C)CC2)cn1. The van der Waals surface area contributed by atoms with Gasteiger partial charge in [0.2, 0.25) is 5.88 Å². The second-order valence-corrected chi connectivity index (χ2v) is 5.95. The Hall–Kier alpha value is -1.39. The first-order chi connectivity index (χ1) is 10.2. The summed E-state index contributed by atoms with van der Waals surface area (Å²) in [5.74, 6) is 0.673. The minimum Gasteiger partial charge on any atom is -0.481 e. The van der Waals surface area contributed by atoms with E-state index >= 15 is 0 Å². The normalized spacial score (nSPS) is 16.7. The Labute approximate surface area is 128 Å². The highest BCUT2D eigenvalue weighted by Crippen LogP contribution is 2.12.